The van der Waals surface area contributed by atoms with Crippen LogP contribution < -0.4 is 5.56 Å². The molecular formula is C24H22N8O2. The Morgan fingerprint density at radius 3 is 2.71 bits per heavy atom. The SMILES string of the molecule is O=c1cnc2nccnc2n1C1=NC(c2ccc(-c3ncn[nH]3)cc2)=C[C@H](CC2CCCO2)C1. The van der Waals surface area contributed by atoms with E-state index in [2.05, 4.69) is 36.2 Å². The van der Waals surface area contributed by atoms with Crippen LogP contribution in [0.25, 0.3) is 28.4 Å². The van der Waals surface area contributed by atoms with Crippen LogP contribution in [0.4, 0.5) is 0 Å². The average Bonchev–Trinajstić information content (AvgIpc) is 3.59. The zero-order valence-electron chi connectivity index (χ0n) is 18.3. The number of aromatic amines is 1. The molecule has 2 aliphatic heterocycles. The van der Waals surface area contributed by atoms with E-state index in [0.29, 0.717) is 29.4 Å². The number of benzene rings is 1. The lowest BCUT2D eigenvalue weighted by atomic mass is 9.91. The minimum atomic E-state index is -0.274. The highest BCUT2D eigenvalue weighted by molar-refractivity contribution is 5.96. The Bertz CT molecular complexity index is 1430. The molecule has 6 rings (SSSR count). The van der Waals surface area contributed by atoms with E-state index in [1.54, 1.807) is 12.4 Å². The maximum atomic E-state index is 12.9. The molecule has 0 radical (unpaired) electrons. The summed E-state index contributed by atoms with van der Waals surface area (Å²) in [4.78, 5) is 34.8. The number of aromatic nitrogens is 7. The fourth-order valence-electron chi connectivity index (χ4n) is 4.60. The number of ether oxygens (including phenoxy) is 1. The van der Waals surface area contributed by atoms with E-state index in [1.807, 2.05) is 24.3 Å². The van der Waals surface area contributed by atoms with Gasteiger partial charge in [-0.05, 0) is 30.7 Å². The van der Waals surface area contributed by atoms with Crippen LogP contribution in [0.2, 0.25) is 0 Å². The first-order chi connectivity index (χ1) is 16.7. The summed E-state index contributed by atoms with van der Waals surface area (Å²) in [5.74, 6) is 1.52. The average molecular weight is 454 g/mol. The maximum Gasteiger partial charge on any atom is 0.276 e. The van der Waals surface area contributed by atoms with E-state index in [9.17, 15) is 4.79 Å². The maximum absolute atomic E-state index is 12.9. The highest BCUT2D eigenvalue weighted by Gasteiger charge is 2.26. The van der Waals surface area contributed by atoms with Crippen LogP contribution in [0.3, 0.4) is 0 Å². The standard InChI is InChI=1S/C24H22N8O2/c33-21-13-27-23-24(26-8-7-25-23)32(21)20-12-15(10-18-2-1-9-34-18)11-19(30-20)16-3-5-17(6-4-16)22-28-14-29-31-22/h3-8,11,13-15,18H,1-2,9-10,12H2,(H,28,29,31)/t15-,18?/m0/s1. The predicted molar refractivity (Wildman–Crippen MR) is 126 cm³/mol. The normalized spacial score (nSPS) is 20.4. The van der Waals surface area contributed by atoms with Crippen molar-refractivity contribution in [1.82, 2.24) is 34.7 Å². The van der Waals surface area contributed by atoms with Gasteiger partial charge in [0.2, 0.25) is 0 Å². The van der Waals surface area contributed by atoms with Gasteiger partial charge >= 0.3 is 0 Å². The Morgan fingerprint density at radius 1 is 1.06 bits per heavy atom. The monoisotopic (exact) mass is 454 g/mol. The summed E-state index contributed by atoms with van der Waals surface area (Å²) in [6.45, 7) is 0.808. The van der Waals surface area contributed by atoms with Gasteiger partial charge in [-0.25, -0.2) is 29.5 Å². The second-order valence-corrected chi connectivity index (χ2v) is 8.46. The minimum absolute atomic E-state index is 0.173. The third kappa shape index (κ3) is 3.92. The van der Waals surface area contributed by atoms with Crippen molar-refractivity contribution in [3.05, 3.63) is 71.2 Å². The van der Waals surface area contributed by atoms with Gasteiger partial charge in [-0.1, -0.05) is 30.3 Å². The molecule has 1 fully saturated rings. The van der Waals surface area contributed by atoms with Crippen molar-refractivity contribution in [2.24, 2.45) is 10.9 Å². The molecule has 2 atom stereocenters. The second-order valence-electron chi connectivity index (χ2n) is 8.46. The summed E-state index contributed by atoms with van der Waals surface area (Å²) >= 11 is 0. The summed E-state index contributed by atoms with van der Waals surface area (Å²) in [5, 5.41) is 6.79. The highest BCUT2D eigenvalue weighted by Crippen LogP contribution is 2.31. The van der Waals surface area contributed by atoms with Crippen LogP contribution in [-0.4, -0.2) is 53.2 Å². The van der Waals surface area contributed by atoms with Gasteiger partial charge in [-0.3, -0.25) is 9.89 Å². The lowest BCUT2D eigenvalue weighted by Crippen LogP contribution is -2.31. The van der Waals surface area contributed by atoms with Gasteiger partial charge in [0, 0.05) is 31.0 Å². The molecule has 0 amide bonds. The molecule has 5 heterocycles. The Hall–Kier alpha value is -4.05. The van der Waals surface area contributed by atoms with E-state index >= 15 is 0 Å². The molecule has 1 aromatic carbocycles. The number of rotatable bonds is 4. The van der Waals surface area contributed by atoms with E-state index < -0.39 is 0 Å². The van der Waals surface area contributed by atoms with Crippen molar-refractivity contribution in [1.29, 1.82) is 0 Å². The lowest BCUT2D eigenvalue weighted by molar-refractivity contribution is 0.0955. The molecule has 0 spiro atoms. The van der Waals surface area contributed by atoms with Crippen molar-refractivity contribution < 1.29 is 4.74 Å². The van der Waals surface area contributed by atoms with Gasteiger partial charge in [0.1, 0.15) is 12.2 Å². The molecule has 0 aliphatic carbocycles. The third-order valence-corrected chi connectivity index (χ3v) is 6.19. The second kappa shape index (κ2) is 8.71. The summed E-state index contributed by atoms with van der Waals surface area (Å²) in [5.41, 5.74) is 3.25. The summed E-state index contributed by atoms with van der Waals surface area (Å²) < 4.78 is 7.44. The zero-order chi connectivity index (χ0) is 22.9. The van der Waals surface area contributed by atoms with Crippen molar-refractivity contribution in [3.63, 3.8) is 0 Å². The molecule has 2 aliphatic rings. The molecule has 1 N–H and O–H groups in total. The third-order valence-electron chi connectivity index (χ3n) is 6.19. The van der Waals surface area contributed by atoms with Crippen LogP contribution >= 0.6 is 0 Å². The molecule has 1 saturated heterocycles. The largest absolute Gasteiger partial charge is 0.378 e. The Balaban J connectivity index is 1.42. The number of H-pyrrole nitrogens is 1. The fourth-order valence-corrected chi connectivity index (χ4v) is 4.60. The Kier molecular flexibility index (Phi) is 5.27. The van der Waals surface area contributed by atoms with Gasteiger partial charge in [0.15, 0.2) is 17.1 Å². The van der Waals surface area contributed by atoms with Crippen LogP contribution in [0.5, 0.6) is 0 Å². The van der Waals surface area contributed by atoms with Gasteiger partial charge < -0.3 is 4.74 Å². The summed E-state index contributed by atoms with van der Waals surface area (Å²) in [6, 6.07) is 7.98. The topological polar surface area (TPSA) is 124 Å². The molecular weight excluding hydrogens is 432 g/mol. The molecule has 10 heteroatoms. The summed E-state index contributed by atoms with van der Waals surface area (Å²) in [6.07, 6.45) is 11.9. The van der Waals surface area contributed by atoms with Crippen LogP contribution in [0.1, 0.15) is 31.2 Å². The zero-order valence-corrected chi connectivity index (χ0v) is 18.3. The van der Waals surface area contributed by atoms with Crippen LogP contribution in [-0.2, 0) is 4.74 Å². The molecule has 3 aromatic heterocycles. The van der Waals surface area contributed by atoms with Crippen LogP contribution in [0.15, 0.2) is 65.0 Å². The number of hydrogen-bond acceptors (Lipinski definition) is 8. The van der Waals surface area contributed by atoms with Crippen molar-refractivity contribution in [2.75, 3.05) is 6.61 Å². The van der Waals surface area contributed by atoms with E-state index in [1.165, 1.54) is 17.1 Å². The predicted octanol–water partition coefficient (Wildman–Crippen LogP) is 2.85. The number of hydrogen-bond donors (Lipinski definition) is 1. The van der Waals surface area contributed by atoms with Crippen molar-refractivity contribution in [2.45, 2.75) is 31.8 Å². The van der Waals surface area contributed by atoms with E-state index in [-0.39, 0.29) is 17.6 Å². The van der Waals surface area contributed by atoms with Gasteiger partial charge in [0.25, 0.3) is 5.56 Å². The number of nitrogens with zero attached hydrogens (tertiary/aromatic N) is 7. The quantitative estimate of drug-likeness (QED) is 0.503. The first-order valence-electron chi connectivity index (χ1n) is 11.3. The van der Waals surface area contributed by atoms with Crippen molar-refractivity contribution >= 4 is 22.8 Å². The molecule has 0 bridgehead atoms. The lowest BCUT2D eigenvalue weighted by Gasteiger charge is -2.24. The van der Waals surface area contributed by atoms with E-state index in [4.69, 9.17) is 9.73 Å². The number of fused-ring (bicyclic) bond motifs is 1. The molecule has 10 nitrogen and oxygen atoms in total. The van der Waals surface area contributed by atoms with Gasteiger partial charge in [0.05, 0.1) is 18.0 Å². The van der Waals surface area contributed by atoms with Gasteiger partial charge in [-0.2, -0.15) is 5.10 Å². The highest BCUT2D eigenvalue weighted by atomic mass is 16.5. The minimum Gasteiger partial charge on any atom is -0.378 e. The number of aliphatic imine (C=N–C) groups is 1. The molecule has 4 aromatic rings. The molecule has 34 heavy (non-hydrogen) atoms. The van der Waals surface area contributed by atoms with E-state index in [0.717, 1.165) is 42.7 Å². The number of allylic oxidation sites excluding steroid dienone is 1. The molecule has 0 saturated carbocycles. The molecule has 1 unspecified atom stereocenters. The Morgan fingerprint density at radius 2 is 1.91 bits per heavy atom. The molecule has 170 valence electrons. The first kappa shape index (κ1) is 20.5. The van der Waals surface area contributed by atoms with Gasteiger partial charge in [-0.15, -0.1) is 0 Å². The fraction of sp³-hybridized carbons (Fsp3) is 0.292. The number of nitrogens with one attached hydrogen (secondary N) is 1. The first-order valence-corrected chi connectivity index (χ1v) is 11.3. The van der Waals surface area contributed by atoms with Crippen molar-refractivity contribution in [3.8, 4) is 11.4 Å². The Labute approximate surface area is 194 Å². The smallest absolute Gasteiger partial charge is 0.276 e. The van der Waals surface area contributed by atoms with Crippen LogP contribution in [0, 0.1) is 5.92 Å². The summed E-state index contributed by atoms with van der Waals surface area (Å²) in [7, 11) is 0.